The van der Waals surface area contributed by atoms with Gasteiger partial charge in [0.15, 0.2) is 0 Å². The summed E-state index contributed by atoms with van der Waals surface area (Å²) in [5.74, 6) is 1.28. The molecule has 3 N–H and O–H groups in total. The van der Waals surface area contributed by atoms with Crippen LogP contribution in [0.2, 0.25) is 10.0 Å². The lowest BCUT2D eigenvalue weighted by molar-refractivity contribution is 0.283. The highest BCUT2D eigenvalue weighted by atomic mass is 35.5. The van der Waals surface area contributed by atoms with Crippen LogP contribution in [0.3, 0.4) is 0 Å². The third-order valence-electron chi connectivity index (χ3n) is 5.02. The van der Waals surface area contributed by atoms with Gasteiger partial charge in [0.2, 0.25) is 0 Å². The van der Waals surface area contributed by atoms with Crippen LogP contribution in [0.4, 0.5) is 0 Å². The molecule has 1 aliphatic rings. The summed E-state index contributed by atoms with van der Waals surface area (Å²) in [7, 11) is -1.43. The van der Waals surface area contributed by atoms with Crippen LogP contribution in [0.5, 0.6) is 5.75 Å². The Bertz CT molecular complexity index is 661. The molecule has 1 aromatic carbocycles. The zero-order chi connectivity index (χ0) is 19.3. The Balaban J connectivity index is 2.47. The second-order valence-electron chi connectivity index (χ2n) is 7.36. The molecule has 1 aromatic rings. The van der Waals surface area contributed by atoms with E-state index in [1.807, 2.05) is 19.9 Å². The molecule has 7 heteroatoms. The van der Waals surface area contributed by atoms with E-state index in [4.69, 9.17) is 33.1 Å². The Morgan fingerprint density at radius 1 is 1.38 bits per heavy atom. The van der Waals surface area contributed by atoms with Gasteiger partial charge in [0.25, 0.3) is 0 Å². The average Bonchev–Trinajstić information content (AvgIpc) is 2.61. The van der Waals surface area contributed by atoms with Crippen molar-refractivity contribution in [2.75, 3.05) is 19.7 Å². The van der Waals surface area contributed by atoms with Crippen molar-refractivity contribution in [3.8, 4) is 5.75 Å². The Kier molecular flexibility index (Phi) is 7.98. The molecule has 0 bridgehead atoms. The molecule has 1 unspecified atom stereocenters. The Morgan fingerprint density at radius 3 is 2.58 bits per heavy atom. The lowest BCUT2D eigenvalue weighted by atomic mass is 9.75. The minimum absolute atomic E-state index is 0.134. The van der Waals surface area contributed by atoms with E-state index in [2.05, 4.69) is 11.9 Å². The van der Waals surface area contributed by atoms with Gasteiger partial charge in [-0.25, -0.2) is 4.21 Å². The quantitative estimate of drug-likeness (QED) is 0.613. The molecule has 2 atom stereocenters. The number of benzene rings is 1. The van der Waals surface area contributed by atoms with E-state index in [0.29, 0.717) is 34.7 Å². The Labute approximate surface area is 169 Å². The SMILES string of the molecule is C=CCOc1cc(Cl)c(Cl)cc1[C@H](CC(C)(C)S(N)=O)C1CCNCC1. The predicted octanol–water partition coefficient (Wildman–Crippen LogP) is 4.43. The fourth-order valence-electron chi connectivity index (χ4n) is 3.50. The summed E-state index contributed by atoms with van der Waals surface area (Å²) in [4.78, 5) is 0. The molecule has 4 nitrogen and oxygen atoms in total. The van der Waals surface area contributed by atoms with Gasteiger partial charge in [-0.2, -0.15) is 0 Å². The van der Waals surface area contributed by atoms with E-state index >= 15 is 0 Å². The van der Waals surface area contributed by atoms with Crippen molar-refractivity contribution in [3.05, 3.63) is 40.4 Å². The van der Waals surface area contributed by atoms with Gasteiger partial charge in [0.1, 0.15) is 12.4 Å². The van der Waals surface area contributed by atoms with Crippen LogP contribution in [0.25, 0.3) is 0 Å². The summed E-state index contributed by atoms with van der Waals surface area (Å²) in [6, 6.07) is 3.66. The Morgan fingerprint density at radius 2 is 2.00 bits per heavy atom. The van der Waals surface area contributed by atoms with E-state index in [0.717, 1.165) is 31.5 Å². The van der Waals surface area contributed by atoms with Crippen LogP contribution < -0.4 is 15.2 Å². The van der Waals surface area contributed by atoms with Crippen LogP contribution in [0.15, 0.2) is 24.8 Å². The summed E-state index contributed by atoms with van der Waals surface area (Å²) >= 11 is 12.6. The summed E-state index contributed by atoms with van der Waals surface area (Å²) in [6.07, 6.45) is 4.46. The summed E-state index contributed by atoms with van der Waals surface area (Å²) < 4.78 is 17.4. The second kappa shape index (κ2) is 9.56. The topological polar surface area (TPSA) is 64.3 Å². The number of nitrogens with one attached hydrogen (secondary N) is 1. The largest absolute Gasteiger partial charge is 0.489 e. The normalized spacial score (nSPS) is 18.3. The van der Waals surface area contributed by atoms with Crippen LogP contribution in [0.1, 0.15) is 44.6 Å². The van der Waals surface area contributed by atoms with Crippen molar-refractivity contribution in [1.82, 2.24) is 5.32 Å². The summed E-state index contributed by atoms with van der Waals surface area (Å²) in [5.41, 5.74) is 1.01. The fraction of sp³-hybridized carbons (Fsp3) is 0.579. The minimum atomic E-state index is -1.43. The number of ether oxygens (including phenoxy) is 1. The molecule has 1 aliphatic heterocycles. The van der Waals surface area contributed by atoms with E-state index in [1.165, 1.54) is 0 Å². The second-order valence-corrected chi connectivity index (χ2v) is 9.87. The molecule has 1 heterocycles. The van der Waals surface area contributed by atoms with Crippen molar-refractivity contribution in [3.63, 3.8) is 0 Å². The molecule has 0 amide bonds. The first-order chi connectivity index (χ1) is 12.3. The van der Waals surface area contributed by atoms with E-state index in [-0.39, 0.29) is 5.92 Å². The van der Waals surface area contributed by atoms with Crippen molar-refractivity contribution >= 4 is 34.2 Å². The Hall–Kier alpha value is -0.590. The minimum Gasteiger partial charge on any atom is -0.489 e. The van der Waals surface area contributed by atoms with E-state index < -0.39 is 15.7 Å². The fourth-order valence-corrected chi connectivity index (χ4v) is 4.17. The molecule has 0 aromatic heterocycles. The summed E-state index contributed by atoms with van der Waals surface area (Å²) in [5, 5.41) is 10.1. The number of hydrogen-bond acceptors (Lipinski definition) is 3. The highest BCUT2D eigenvalue weighted by Crippen LogP contribution is 2.44. The molecule has 0 radical (unpaired) electrons. The first-order valence-corrected chi connectivity index (χ1v) is 10.8. The van der Waals surface area contributed by atoms with Crippen LogP contribution in [-0.2, 0) is 11.0 Å². The molecule has 2 rings (SSSR count). The van der Waals surface area contributed by atoms with Crippen molar-refractivity contribution in [1.29, 1.82) is 0 Å². The maximum atomic E-state index is 12.1. The van der Waals surface area contributed by atoms with E-state index in [1.54, 1.807) is 12.1 Å². The van der Waals surface area contributed by atoms with E-state index in [9.17, 15) is 4.21 Å². The molecular weight excluding hydrogens is 391 g/mol. The number of halogens is 2. The molecule has 146 valence electrons. The maximum absolute atomic E-state index is 12.1. The zero-order valence-corrected chi connectivity index (χ0v) is 17.7. The van der Waals surface area contributed by atoms with Gasteiger partial charge in [0, 0.05) is 6.07 Å². The van der Waals surface area contributed by atoms with Crippen molar-refractivity contribution < 1.29 is 8.95 Å². The van der Waals surface area contributed by atoms with Gasteiger partial charge >= 0.3 is 0 Å². The van der Waals surface area contributed by atoms with Gasteiger partial charge in [-0.1, -0.05) is 35.9 Å². The van der Waals surface area contributed by atoms with Gasteiger partial charge in [-0.3, -0.25) is 5.14 Å². The van der Waals surface area contributed by atoms with Crippen LogP contribution >= 0.6 is 23.2 Å². The van der Waals surface area contributed by atoms with Crippen molar-refractivity contribution in [2.45, 2.75) is 43.8 Å². The van der Waals surface area contributed by atoms with Gasteiger partial charge in [-0.15, -0.1) is 0 Å². The summed E-state index contributed by atoms with van der Waals surface area (Å²) in [6.45, 7) is 9.93. The van der Waals surface area contributed by atoms with Crippen molar-refractivity contribution in [2.24, 2.45) is 11.1 Å². The lowest BCUT2D eigenvalue weighted by Gasteiger charge is -2.36. The van der Waals surface area contributed by atoms with Crippen LogP contribution in [-0.4, -0.2) is 28.7 Å². The zero-order valence-electron chi connectivity index (χ0n) is 15.4. The number of piperidine rings is 1. The first kappa shape index (κ1) is 21.7. The first-order valence-electron chi connectivity index (χ1n) is 8.86. The predicted molar refractivity (Wildman–Crippen MR) is 112 cm³/mol. The monoisotopic (exact) mass is 418 g/mol. The molecule has 0 aliphatic carbocycles. The maximum Gasteiger partial charge on any atom is 0.124 e. The molecule has 0 spiro atoms. The molecule has 26 heavy (non-hydrogen) atoms. The smallest absolute Gasteiger partial charge is 0.124 e. The molecular formula is C19H28Cl2N2O2S. The number of nitrogens with two attached hydrogens (primary N) is 1. The highest BCUT2D eigenvalue weighted by Gasteiger charge is 2.35. The third-order valence-corrected chi connectivity index (χ3v) is 7.00. The standard InChI is InChI=1S/C19H28Cl2N2O2S/c1-4-9-25-18-11-17(21)16(20)10-14(18)15(12-19(2,3)26(22)24)13-5-7-23-8-6-13/h4,10-11,13,15,23H,1,5-9,12,22H2,2-3H3/t15-,26?/m1/s1. The number of rotatable bonds is 8. The molecule has 1 fully saturated rings. The van der Waals surface area contributed by atoms with Gasteiger partial charge in [0.05, 0.1) is 25.8 Å². The van der Waals surface area contributed by atoms with Crippen LogP contribution in [0, 0.1) is 5.92 Å². The third kappa shape index (κ3) is 5.46. The lowest BCUT2D eigenvalue weighted by Crippen LogP contribution is -2.38. The highest BCUT2D eigenvalue weighted by molar-refractivity contribution is 7.84. The number of hydrogen-bond donors (Lipinski definition) is 2. The van der Waals surface area contributed by atoms with Gasteiger partial charge < -0.3 is 10.1 Å². The molecule has 1 saturated heterocycles. The van der Waals surface area contributed by atoms with Gasteiger partial charge in [-0.05, 0) is 69.7 Å². The average molecular weight is 419 g/mol. The molecule has 0 saturated carbocycles.